The number of sulfonamides is 1. The minimum atomic E-state index is -3.11. The summed E-state index contributed by atoms with van der Waals surface area (Å²) in [7, 11) is -3.11. The van der Waals surface area contributed by atoms with E-state index in [2.05, 4.69) is 22.1 Å². The zero-order valence-electron chi connectivity index (χ0n) is 15.6. The molecule has 8 heteroatoms. The van der Waals surface area contributed by atoms with Crippen molar-refractivity contribution in [2.75, 3.05) is 52.1 Å². The van der Waals surface area contributed by atoms with Gasteiger partial charge in [-0.1, -0.05) is 6.92 Å². The maximum atomic E-state index is 11.6. The molecule has 0 unspecified atom stereocenters. The van der Waals surface area contributed by atoms with Crippen molar-refractivity contribution < 1.29 is 13.2 Å². The van der Waals surface area contributed by atoms with Crippen LogP contribution in [0.1, 0.15) is 40.0 Å². The fourth-order valence-electron chi connectivity index (χ4n) is 2.89. The summed E-state index contributed by atoms with van der Waals surface area (Å²) in [6, 6.07) is 0. The van der Waals surface area contributed by atoms with Gasteiger partial charge in [-0.3, -0.25) is 4.99 Å². The summed E-state index contributed by atoms with van der Waals surface area (Å²) < 4.78 is 30.3. The highest BCUT2D eigenvalue weighted by Gasteiger charge is 2.21. The zero-order chi connectivity index (χ0) is 18.0. The average Bonchev–Trinajstić information content (AvgIpc) is 2.53. The topological polar surface area (TPSA) is 74.2 Å². The molecule has 24 heavy (non-hydrogen) atoms. The van der Waals surface area contributed by atoms with Gasteiger partial charge in [-0.25, -0.2) is 12.7 Å². The summed E-state index contributed by atoms with van der Waals surface area (Å²) in [5.41, 5.74) is 0. The Hall–Kier alpha value is -0.860. The number of ether oxygens (including phenoxy) is 1. The Morgan fingerprint density at radius 3 is 2.46 bits per heavy atom. The lowest BCUT2D eigenvalue weighted by Gasteiger charge is -2.34. The first-order valence-electron chi connectivity index (χ1n) is 9.02. The van der Waals surface area contributed by atoms with Crippen molar-refractivity contribution in [1.29, 1.82) is 0 Å². The fourth-order valence-corrected chi connectivity index (χ4v) is 3.82. The largest absolute Gasteiger partial charge is 0.378 e. The predicted molar refractivity (Wildman–Crippen MR) is 98.9 cm³/mol. The van der Waals surface area contributed by atoms with E-state index in [9.17, 15) is 8.42 Å². The zero-order valence-corrected chi connectivity index (χ0v) is 16.4. The summed E-state index contributed by atoms with van der Waals surface area (Å²) in [5.74, 6) is 0.926. The summed E-state index contributed by atoms with van der Waals surface area (Å²) >= 11 is 0. The van der Waals surface area contributed by atoms with Crippen molar-refractivity contribution in [3.8, 4) is 0 Å². The molecular formula is C16H34N4O3S. The van der Waals surface area contributed by atoms with Gasteiger partial charge >= 0.3 is 0 Å². The molecule has 1 aliphatic heterocycles. The monoisotopic (exact) mass is 362 g/mol. The molecule has 1 N–H and O–H groups in total. The molecule has 1 heterocycles. The normalized spacial score (nSPS) is 17.5. The number of piperidine rings is 1. The smallest absolute Gasteiger partial charge is 0.211 e. The Kier molecular flexibility index (Phi) is 9.61. The second-order valence-electron chi connectivity index (χ2n) is 5.99. The van der Waals surface area contributed by atoms with E-state index in [1.165, 1.54) is 10.6 Å². The molecule has 0 bridgehead atoms. The lowest BCUT2D eigenvalue weighted by atomic mass is 10.1. The highest BCUT2D eigenvalue weighted by Crippen LogP contribution is 2.13. The van der Waals surface area contributed by atoms with E-state index in [1.807, 2.05) is 13.8 Å². The minimum Gasteiger partial charge on any atom is -0.378 e. The van der Waals surface area contributed by atoms with Crippen LogP contribution in [0.3, 0.4) is 0 Å². The number of hydrogen-bond acceptors (Lipinski definition) is 4. The van der Waals surface area contributed by atoms with Crippen molar-refractivity contribution in [3.63, 3.8) is 0 Å². The van der Waals surface area contributed by atoms with Crippen molar-refractivity contribution in [2.45, 2.75) is 46.1 Å². The van der Waals surface area contributed by atoms with Crippen molar-refractivity contribution in [2.24, 2.45) is 4.99 Å². The molecule has 0 radical (unpaired) electrons. The number of rotatable bonds is 9. The highest BCUT2D eigenvalue weighted by molar-refractivity contribution is 7.88. The third-order valence-electron chi connectivity index (χ3n) is 4.13. The molecule has 0 atom stereocenters. The third kappa shape index (κ3) is 7.36. The van der Waals surface area contributed by atoms with Gasteiger partial charge in [0, 0.05) is 45.9 Å². The molecule has 0 aromatic carbocycles. The molecule has 0 spiro atoms. The molecule has 0 saturated carbocycles. The van der Waals surface area contributed by atoms with E-state index in [0.717, 1.165) is 51.5 Å². The summed E-state index contributed by atoms with van der Waals surface area (Å²) in [6.07, 6.45) is 4.39. The van der Waals surface area contributed by atoms with Crippen molar-refractivity contribution >= 4 is 16.0 Å². The number of guanidine groups is 1. The molecule has 0 amide bonds. The first-order chi connectivity index (χ1) is 11.4. The van der Waals surface area contributed by atoms with Crippen LogP contribution in [-0.4, -0.2) is 81.8 Å². The molecule has 7 nitrogen and oxygen atoms in total. The quantitative estimate of drug-likeness (QED) is 0.378. The standard InChI is InChI=1S/C16H34N4O3S/c1-5-17-16(19-13-9-15(10-14-19)23-7-3)18-11-8-12-20(6-2)24(4,21)22/h15H,5-14H2,1-4H3,(H,17,18). The Labute approximate surface area is 147 Å². The van der Waals surface area contributed by atoms with Crippen LogP contribution in [0.4, 0.5) is 0 Å². The van der Waals surface area contributed by atoms with Crippen LogP contribution in [0.5, 0.6) is 0 Å². The maximum absolute atomic E-state index is 11.6. The minimum absolute atomic E-state index is 0.363. The Morgan fingerprint density at radius 2 is 1.96 bits per heavy atom. The first kappa shape index (κ1) is 21.2. The molecule has 142 valence electrons. The van der Waals surface area contributed by atoms with Crippen LogP contribution >= 0.6 is 0 Å². The second kappa shape index (κ2) is 10.9. The molecule has 0 aliphatic carbocycles. The van der Waals surface area contributed by atoms with E-state index in [0.29, 0.717) is 25.7 Å². The summed E-state index contributed by atoms with van der Waals surface area (Å²) in [4.78, 5) is 6.94. The molecule has 1 fully saturated rings. The van der Waals surface area contributed by atoms with Crippen LogP contribution in [0.15, 0.2) is 4.99 Å². The molecule has 1 aliphatic rings. The van der Waals surface area contributed by atoms with E-state index in [4.69, 9.17) is 4.74 Å². The summed E-state index contributed by atoms with van der Waals surface area (Å²) in [6.45, 7) is 11.1. The number of aliphatic imine (C=N–C) groups is 1. The Bertz CT molecular complexity index is 474. The van der Waals surface area contributed by atoms with Gasteiger partial charge in [0.05, 0.1) is 12.4 Å². The second-order valence-corrected chi connectivity index (χ2v) is 7.97. The van der Waals surface area contributed by atoms with Crippen LogP contribution in [0.2, 0.25) is 0 Å². The van der Waals surface area contributed by atoms with Crippen LogP contribution in [-0.2, 0) is 14.8 Å². The average molecular weight is 363 g/mol. The van der Waals surface area contributed by atoms with Crippen molar-refractivity contribution in [3.05, 3.63) is 0 Å². The van der Waals surface area contributed by atoms with Gasteiger partial charge in [-0.2, -0.15) is 0 Å². The van der Waals surface area contributed by atoms with Gasteiger partial charge in [0.2, 0.25) is 10.0 Å². The van der Waals surface area contributed by atoms with Gasteiger partial charge in [-0.05, 0) is 33.1 Å². The van der Waals surface area contributed by atoms with Gasteiger partial charge in [-0.15, -0.1) is 0 Å². The van der Waals surface area contributed by atoms with Gasteiger partial charge < -0.3 is 15.0 Å². The van der Waals surface area contributed by atoms with E-state index in [-0.39, 0.29) is 0 Å². The summed E-state index contributed by atoms with van der Waals surface area (Å²) in [5, 5.41) is 3.33. The lowest BCUT2D eigenvalue weighted by Crippen LogP contribution is -2.47. The van der Waals surface area contributed by atoms with Crippen LogP contribution < -0.4 is 5.32 Å². The molecule has 1 saturated heterocycles. The number of hydrogen-bond donors (Lipinski definition) is 1. The predicted octanol–water partition coefficient (Wildman–Crippen LogP) is 1.12. The van der Waals surface area contributed by atoms with E-state index < -0.39 is 10.0 Å². The SMILES string of the molecule is CCNC(=NCCCN(CC)S(C)(=O)=O)N1CCC(OCC)CC1. The van der Waals surface area contributed by atoms with E-state index >= 15 is 0 Å². The Balaban J connectivity index is 2.48. The fraction of sp³-hybridized carbons (Fsp3) is 0.938. The van der Waals surface area contributed by atoms with Crippen molar-refractivity contribution in [1.82, 2.24) is 14.5 Å². The molecule has 1 rings (SSSR count). The first-order valence-corrected chi connectivity index (χ1v) is 10.9. The van der Waals surface area contributed by atoms with Gasteiger partial charge in [0.15, 0.2) is 5.96 Å². The number of likely N-dealkylation sites (tertiary alicyclic amines) is 1. The third-order valence-corrected chi connectivity index (χ3v) is 5.51. The molecule has 0 aromatic rings. The lowest BCUT2D eigenvalue weighted by molar-refractivity contribution is 0.0264. The molecule has 0 aromatic heterocycles. The molecular weight excluding hydrogens is 328 g/mol. The van der Waals surface area contributed by atoms with Crippen LogP contribution in [0.25, 0.3) is 0 Å². The van der Waals surface area contributed by atoms with E-state index in [1.54, 1.807) is 0 Å². The van der Waals surface area contributed by atoms with Crippen LogP contribution in [0, 0.1) is 0 Å². The van der Waals surface area contributed by atoms with Gasteiger partial charge in [0.25, 0.3) is 0 Å². The highest BCUT2D eigenvalue weighted by atomic mass is 32.2. The number of nitrogens with zero attached hydrogens (tertiary/aromatic N) is 3. The maximum Gasteiger partial charge on any atom is 0.211 e. The van der Waals surface area contributed by atoms with Gasteiger partial charge in [0.1, 0.15) is 0 Å². The Morgan fingerprint density at radius 1 is 1.29 bits per heavy atom. The number of nitrogens with one attached hydrogen (secondary N) is 1.